The lowest BCUT2D eigenvalue weighted by atomic mass is 10.0. The van der Waals surface area contributed by atoms with Crippen molar-refractivity contribution in [1.29, 1.82) is 0 Å². The molecular weight excluding hydrogens is 404 g/mol. The normalized spacial score (nSPS) is 12.6. The van der Waals surface area contributed by atoms with Gasteiger partial charge in [-0.3, -0.25) is 9.59 Å². The molecule has 7 heteroatoms. The quantitative estimate of drug-likeness (QED) is 0.543. The standard InChI is InChI=1S/C23H26O6S/c1-16(24)30-15-19(11-8-17-9-12-20(28-2)13-10-17)23(27)29-21(22(25)26)14-18-6-4-3-5-7-18/h3-7,9-10,12-13,19,21H,8,11,14-15H2,1-2H3,(H,25,26)/t19-,21?/m1/s1. The summed E-state index contributed by atoms with van der Waals surface area (Å²) in [7, 11) is 1.59. The van der Waals surface area contributed by atoms with Gasteiger partial charge in [-0.25, -0.2) is 4.79 Å². The first-order chi connectivity index (χ1) is 14.4. The van der Waals surface area contributed by atoms with E-state index in [0.717, 1.165) is 28.6 Å². The third kappa shape index (κ3) is 7.91. The summed E-state index contributed by atoms with van der Waals surface area (Å²) < 4.78 is 10.5. The van der Waals surface area contributed by atoms with Crippen molar-refractivity contribution in [2.24, 2.45) is 5.92 Å². The Morgan fingerprint density at radius 3 is 2.23 bits per heavy atom. The van der Waals surface area contributed by atoms with Gasteiger partial charge in [0.1, 0.15) is 5.75 Å². The number of esters is 1. The van der Waals surface area contributed by atoms with E-state index in [4.69, 9.17) is 9.47 Å². The number of hydrogen-bond acceptors (Lipinski definition) is 6. The zero-order chi connectivity index (χ0) is 21.9. The fourth-order valence-corrected chi connectivity index (χ4v) is 3.60. The Balaban J connectivity index is 2.04. The van der Waals surface area contributed by atoms with Crippen molar-refractivity contribution in [1.82, 2.24) is 0 Å². The Bertz CT molecular complexity index is 835. The van der Waals surface area contributed by atoms with Crippen LogP contribution in [0.15, 0.2) is 54.6 Å². The zero-order valence-electron chi connectivity index (χ0n) is 17.1. The Morgan fingerprint density at radius 2 is 1.67 bits per heavy atom. The van der Waals surface area contributed by atoms with Crippen LogP contribution in [-0.2, 0) is 32.0 Å². The van der Waals surface area contributed by atoms with E-state index in [1.54, 1.807) is 31.4 Å². The molecule has 160 valence electrons. The second-order valence-electron chi connectivity index (χ2n) is 6.84. The molecule has 30 heavy (non-hydrogen) atoms. The van der Waals surface area contributed by atoms with Gasteiger partial charge in [0.2, 0.25) is 6.10 Å². The van der Waals surface area contributed by atoms with E-state index < -0.39 is 24.0 Å². The van der Waals surface area contributed by atoms with Crippen molar-refractivity contribution in [3.05, 3.63) is 65.7 Å². The number of aliphatic carboxylic acids is 1. The summed E-state index contributed by atoms with van der Waals surface area (Å²) in [5, 5.41) is 9.39. The fraction of sp³-hybridized carbons (Fsp3) is 0.348. The molecule has 1 N–H and O–H groups in total. The largest absolute Gasteiger partial charge is 0.497 e. The molecule has 0 fully saturated rings. The van der Waals surface area contributed by atoms with Crippen LogP contribution in [0, 0.1) is 5.92 Å². The van der Waals surface area contributed by atoms with E-state index in [-0.39, 0.29) is 17.3 Å². The molecule has 2 rings (SSSR count). The number of carboxylic acids is 1. The lowest BCUT2D eigenvalue weighted by Crippen LogP contribution is -2.33. The summed E-state index contributed by atoms with van der Waals surface area (Å²) in [6.07, 6.45) is -0.139. The van der Waals surface area contributed by atoms with Crippen molar-refractivity contribution in [3.63, 3.8) is 0 Å². The Kier molecular flexibility index (Phi) is 9.41. The van der Waals surface area contributed by atoms with Crippen LogP contribution < -0.4 is 4.74 Å². The number of hydrogen-bond donors (Lipinski definition) is 1. The van der Waals surface area contributed by atoms with Gasteiger partial charge in [-0.2, -0.15) is 0 Å². The third-order valence-corrected chi connectivity index (χ3v) is 5.53. The van der Waals surface area contributed by atoms with Crippen molar-refractivity contribution >= 4 is 28.8 Å². The highest BCUT2D eigenvalue weighted by molar-refractivity contribution is 8.13. The minimum Gasteiger partial charge on any atom is -0.497 e. The first-order valence-corrected chi connectivity index (χ1v) is 10.6. The van der Waals surface area contributed by atoms with E-state index in [2.05, 4.69) is 0 Å². The zero-order valence-corrected chi connectivity index (χ0v) is 17.9. The molecule has 0 aromatic heterocycles. The molecule has 0 saturated heterocycles. The van der Waals surface area contributed by atoms with Gasteiger partial charge >= 0.3 is 11.9 Å². The monoisotopic (exact) mass is 430 g/mol. The molecule has 0 radical (unpaired) electrons. The summed E-state index contributed by atoms with van der Waals surface area (Å²) in [6.45, 7) is 1.44. The molecule has 0 saturated carbocycles. The van der Waals surface area contributed by atoms with Crippen molar-refractivity contribution in [3.8, 4) is 5.75 Å². The molecule has 6 nitrogen and oxygen atoms in total. The van der Waals surface area contributed by atoms with E-state index in [1.165, 1.54) is 6.92 Å². The fourth-order valence-electron chi connectivity index (χ4n) is 2.86. The van der Waals surface area contributed by atoms with Crippen LogP contribution in [-0.4, -0.2) is 41.1 Å². The number of carbonyl (C=O) groups is 3. The maximum atomic E-state index is 12.8. The first kappa shape index (κ1) is 23.5. The summed E-state index contributed by atoms with van der Waals surface area (Å²) >= 11 is 1.04. The average molecular weight is 431 g/mol. The van der Waals surface area contributed by atoms with Crippen LogP contribution >= 0.6 is 11.8 Å². The van der Waals surface area contributed by atoms with Crippen molar-refractivity contribution in [2.75, 3.05) is 12.9 Å². The minimum atomic E-state index is -1.27. The van der Waals surface area contributed by atoms with Gasteiger partial charge in [0.15, 0.2) is 5.12 Å². The summed E-state index contributed by atoms with van der Waals surface area (Å²) in [4.78, 5) is 35.8. The van der Waals surface area contributed by atoms with Gasteiger partial charge < -0.3 is 14.6 Å². The highest BCUT2D eigenvalue weighted by Gasteiger charge is 2.28. The maximum absolute atomic E-state index is 12.8. The SMILES string of the molecule is COc1ccc(CC[C@H](CSC(C)=O)C(=O)OC(Cc2ccccc2)C(=O)O)cc1. The van der Waals surface area contributed by atoms with Crippen LogP contribution in [0.4, 0.5) is 0 Å². The van der Waals surface area contributed by atoms with Crippen molar-refractivity contribution in [2.45, 2.75) is 32.3 Å². The second-order valence-corrected chi connectivity index (χ2v) is 8.04. The van der Waals surface area contributed by atoms with E-state index >= 15 is 0 Å². The van der Waals surface area contributed by atoms with Gasteiger partial charge in [-0.05, 0) is 36.1 Å². The number of rotatable bonds is 11. The molecular formula is C23H26O6S. The lowest BCUT2D eigenvalue weighted by Gasteiger charge is -2.19. The van der Waals surface area contributed by atoms with Gasteiger partial charge in [0.05, 0.1) is 13.0 Å². The van der Waals surface area contributed by atoms with Crippen LogP contribution in [0.5, 0.6) is 5.75 Å². The van der Waals surface area contributed by atoms with Crippen LogP contribution in [0.3, 0.4) is 0 Å². The van der Waals surface area contributed by atoms with Crippen LogP contribution in [0.2, 0.25) is 0 Å². The molecule has 0 aliphatic carbocycles. The number of benzene rings is 2. The summed E-state index contributed by atoms with van der Waals surface area (Å²) in [5.41, 5.74) is 1.78. The Morgan fingerprint density at radius 1 is 1.00 bits per heavy atom. The van der Waals surface area contributed by atoms with Crippen molar-refractivity contribution < 1.29 is 29.0 Å². The molecule has 2 aromatic rings. The number of thioether (sulfide) groups is 1. The second kappa shape index (κ2) is 12.0. The average Bonchev–Trinajstić information content (AvgIpc) is 2.74. The van der Waals surface area contributed by atoms with E-state index in [9.17, 15) is 19.5 Å². The molecule has 0 amide bonds. The van der Waals surface area contributed by atoms with Crippen LogP contribution in [0.25, 0.3) is 0 Å². The third-order valence-electron chi connectivity index (χ3n) is 4.56. The number of ether oxygens (including phenoxy) is 2. The molecule has 0 aliphatic rings. The summed E-state index contributed by atoms with van der Waals surface area (Å²) in [5.74, 6) is -1.38. The van der Waals surface area contributed by atoms with E-state index in [0.29, 0.717) is 12.8 Å². The highest BCUT2D eigenvalue weighted by Crippen LogP contribution is 2.21. The molecule has 2 atom stereocenters. The Labute approximate surface area is 180 Å². The van der Waals surface area contributed by atoms with Gasteiger partial charge in [-0.1, -0.05) is 54.2 Å². The van der Waals surface area contributed by atoms with Gasteiger partial charge in [0, 0.05) is 19.1 Å². The number of methoxy groups -OCH3 is 1. The molecule has 0 spiro atoms. The van der Waals surface area contributed by atoms with Gasteiger partial charge in [0.25, 0.3) is 0 Å². The number of carboxylic acid groups (broad SMARTS) is 1. The summed E-state index contributed by atoms with van der Waals surface area (Å²) in [6, 6.07) is 16.5. The topological polar surface area (TPSA) is 89.9 Å². The molecule has 0 bridgehead atoms. The highest BCUT2D eigenvalue weighted by atomic mass is 32.2. The van der Waals surface area contributed by atoms with Crippen LogP contribution in [0.1, 0.15) is 24.5 Å². The molecule has 1 unspecified atom stereocenters. The Hall–Kier alpha value is -2.80. The molecule has 2 aromatic carbocycles. The maximum Gasteiger partial charge on any atom is 0.345 e. The van der Waals surface area contributed by atoms with Gasteiger partial charge in [-0.15, -0.1) is 0 Å². The number of carbonyl (C=O) groups excluding carboxylic acids is 2. The van der Waals surface area contributed by atoms with E-state index in [1.807, 2.05) is 30.3 Å². The predicted molar refractivity (Wildman–Crippen MR) is 116 cm³/mol. The lowest BCUT2D eigenvalue weighted by molar-refractivity contribution is -0.166. The predicted octanol–water partition coefficient (Wildman–Crippen LogP) is 3.76. The minimum absolute atomic E-state index is 0.0902. The smallest absolute Gasteiger partial charge is 0.345 e. The molecule has 0 aliphatic heterocycles. The first-order valence-electron chi connectivity index (χ1n) is 9.62. The number of aryl methyl sites for hydroxylation is 1. The molecule has 0 heterocycles.